The fraction of sp³-hybridized carbons (Fsp3) is 0.811. The molecule has 1 unspecified atom stereocenters. The predicted molar refractivity (Wildman–Crippen MR) is 251 cm³/mol. The maximum absolute atomic E-state index is 12.8. The molecule has 0 radical (unpaired) electrons. The number of unbranched alkanes of at least 4 members (excludes halogenated alkanes) is 27. The monoisotopic (exact) mass is 813 g/mol. The minimum absolute atomic E-state index is 0.0748. The lowest BCUT2D eigenvalue weighted by molar-refractivity contribution is -0.163. The number of rotatable bonds is 46. The van der Waals surface area contributed by atoms with Crippen LogP contribution in [0.3, 0.4) is 0 Å². The van der Waals surface area contributed by atoms with Gasteiger partial charge in [0, 0.05) is 19.4 Å². The van der Waals surface area contributed by atoms with Gasteiger partial charge < -0.3 is 14.2 Å². The Morgan fingerprint density at radius 2 is 0.759 bits per heavy atom. The third kappa shape index (κ3) is 46.5. The molecule has 0 aliphatic rings. The molecule has 0 heterocycles. The first-order valence-corrected chi connectivity index (χ1v) is 25.2. The Balaban J connectivity index is 4.26. The Morgan fingerprint density at radius 3 is 1.21 bits per heavy atom. The zero-order valence-corrected chi connectivity index (χ0v) is 38.8. The van der Waals surface area contributed by atoms with Crippen LogP contribution < -0.4 is 0 Å². The van der Waals surface area contributed by atoms with Crippen molar-refractivity contribution in [1.82, 2.24) is 0 Å². The van der Waals surface area contributed by atoms with Crippen LogP contribution in [0.2, 0.25) is 0 Å². The quantitative estimate of drug-likeness (QED) is 0.0348. The van der Waals surface area contributed by atoms with Gasteiger partial charge >= 0.3 is 11.9 Å². The summed E-state index contributed by atoms with van der Waals surface area (Å²) >= 11 is 0. The van der Waals surface area contributed by atoms with Crippen molar-refractivity contribution in [2.45, 2.75) is 258 Å². The zero-order valence-electron chi connectivity index (χ0n) is 38.8. The molecule has 0 aromatic heterocycles. The van der Waals surface area contributed by atoms with Crippen LogP contribution in [-0.4, -0.2) is 37.9 Å². The first-order chi connectivity index (χ1) is 28.6. The first-order valence-electron chi connectivity index (χ1n) is 25.2. The third-order valence-corrected chi connectivity index (χ3v) is 10.8. The first kappa shape index (κ1) is 55.9. The second-order valence-corrected chi connectivity index (χ2v) is 16.7. The summed E-state index contributed by atoms with van der Waals surface area (Å²) in [5.41, 5.74) is 0. The second kappa shape index (κ2) is 49.2. The molecule has 0 saturated heterocycles. The summed E-state index contributed by atoms with van der Waals surface area (Å²) in [6.45, 7) is 7.70. The van der Waals surface area contributed by atoms with E-state index < -0.39 is 6.10 Å². The van der Waals surface area contributed by atoms with Gasteiger partial charge in [0.05, 0.1) is 6.61 Å². The second-order valence-electron chi connectivity index (χ2n) is 16.7. The van der Waals surface area contributed by atoms with Gasteiger partial charge in [-0.25, -0.2) is 0 Å². The van der Waals surface area contributed by atoms with E-state index in [1.165, 1.54) is 141 Å². The Labute approximate surface area is 361 Å². The van der Waals surface area contributed by atoms with Crippen molar-refractivity contribution in [3.8, 4) is 0 Å². The molecule has 0 aromatic carbocycles. The maximum Gasteiger partial charge on any atom is 0.306 e. The molecule has 0 spiro atoms. The van der Waals surface area contributed by atoms with Gasteiger partial charge in [0.15, 0.2) is 6.10 Å². The van der Waals surface area contributed by atoms with Crippen LogP contribution in [0.15, 0.2) is 48.6 Å². The number of esters is 2. The summed E-state index contributed by atoms with van der Waals surface area (Å²) in [5.74, 6) is -0.422. The molecule has 0 amide bonds. The lowest BCUT2D eigenvalue weighted by atomic mass is 10.0. The van der Waals surface area contributed by atoms with E-state index in [1.807, 2.05) is 0 Å². The van der Waals surface area contributed by atoms with E-state index in [9.17, 15) is 9.59 Å². The summed E-state index contributed by atoms with van der Waals surface area (Å²) in [6.07, 6.45) is 59.7. The maximum atomic E-state index is 12.8. The highest BCUT2D eigenvalue weighted by atomic mass is 16.6. The summed E-state index contributed by atoms with van der Waals surface area (Å²) in [6, 6.07) is 0. The zero-order chi connectivity index (χ0) is 42.1. The molecule has 0 aliphatic heterocycles. The lowest BCUT2D eigenvalue weighted by Gasteiger charge is -2.18. The summed E-state index contributed by atoms with van der Waals surface area (Å²) in [5, 5.41) is 0. The highest BCUT2D eigenvalue weighted by Gasteiger charge is 2.17. The molecule has 0 saturated carbocycles. The number of ether oxygens (including phenoxy) is 3. The van der Waals surface area contributed by atoms with E-state index in [0.29, 0.717) is 19.4 Å². The molecule has 0 N–H and O–H groups in total. The smallest absolute Gasteiger partial charge is 0.306 e. The lowest BCUT2D eigenvalue weighted by Crippen LogP contribution is -2.30. The predicted octanol–water partition coefficient (Wildman–Crippen LogP) is 16.8. The normalized spacial score (nSPS) is 12.5. The van der Waals surface area contributed by atoms with Crippen LogP contribution in [0.4, 0.5) is 0 Å². The van der Waals surface area contributed by atoms with Gasteiger partial charge in [-0.05, 0) is 70.6 Å². The van der Waals surface area contributed by atoms with Crippen molar-refractivity contribution in [3.05, 3.63) is 48.6 Å². The average Bonchev–Trinajstić information content (AvgIpc) is 3.22. The van der Waals surface area contributed by atoms with E-state index in [2.05, 4.69) is 69.4 Å². The molecule has 5 heteroatoms. The molecule has 0 rings (SSSR count). The SMILES string of the molecule is CCC/C=C\C/C=C\CCCCCCCC(=O)OCC(COCCCCCCCCCCCCCCCCCC)OC(=O)CCCCCCC/C=C\C/C=C\CCC. The van der Waals surface area contributed by atoms with Gasteiger partial charge in [-0.15, -0.1) is 0 Å². The van der Waals surface area contributed by atoms with Gasteiger partial charge in [-0.1, -0.05) is 217 Å². The molecule has 58 heavy (non-hydrogen) atoms. The summed E-state index contributed by atoms with van der Waals surface area (Å²) in [4.78, 5) is 25.3. The highest BCUT2D eigenvalue weighted by molar-refractivity contribution is 5.70. The van der Waals surface area contributed by atoms with Crippen LogP contribution in [0.5, 0.6) is 0 Å². The molecule has 5 nitrogen and oxygen atoms in total. The van der Waals surface area contributed by atoms with E-state index in [4.69, 9.17) is 14.2 Å². The van der Waals surface area contributed by atoms with Crippen LogP contribution >= 0.6 is 0 Å². The fourth-order valence-electron chi connectivity index (χ4n) is 7.06. The third-order valence-electron chi connectivity index (χ3n) is 10.8. The number of allylic oxidation sites excluding steroid dienone is 8. The largest absolute Gasteiger partial charge is 0.462 e. The molecule has 0 aliphatic carbocycles. The van der Waals surface area contributed by atoms with Crippen molar-refractivity contribution in [1.29, 1.82) is 0 Å². The summed E-state index contributed by atoms with van der Waals surface area (Å²) in [7, 11) is 0. The van der Waals surface area contributed by atoms with Gasteiger partial charge in [0.25, 0.3) is 0 Å². The number of carbonyl (C=O) groups excluding carboxylic acids is 2. The van der Waals surface area contributed by atoms with Gasteiger partial charge in [-0.3, -0.25) is 9.59 Å². The van der Waals surface area contributed by atoms with E-state index in [1.54, 1.807) is 0 Å². The molecule has 338 valence electrons. The van der Waals surface area contributed by atoms with Crippen LogP contribution in [0.1, 0.15) is 252 Å². The number of carbonyl (C=O) groups is 2. The van der Waals surface area contributed by atoms with Gasteiger partial charge in [0.1, 0.15) is 6.61 Å². The van der Waals surface area contributed by atoms with E-state index in [-0.39, 0.29) is 25.2 Å². The number of hydrogen-bond acceptors (Lipinski definition) is 5. The minimum Gasteiger partial charge on any atom is -0.462 e. The standard InChI is InChI=1S/C53H96O5/c1-4-7-10-13-16-19-22-25-26-27-30-33-36-39-42-45-48-56-49-51(58-53(55)47-44-41-38-35-32-29-24-21-18-15-12-9-6-3)50-57-52(54)46-43-40-37-34-31-28-23-20-17-14-11-8-5-2/h11-12,14-15,20-21,23-24,51H,4-10,13,16-19,22,25-50H2,1-3H3/b14-11-,15-12-,23-20-,24-21-. The Hall–Kier alpha value is -2.14. The minimum atomic E-state index is -0.545. The van der Waals surface area contributed by atoms with Gasteiger partial charge in [-0.2, -0.15) is 0 Å². The van der Waals surface area contributed by atoms with Crippen molar-refractivity contribution in [2.24, 2.45) is 0 Å². The van der Waals surface area contributed by atoms with Crippen LogP contribution in [0, 0.1) is 0 Å². The van der Waals surface area contributed by atoms with Crippen molar-refractivity contribution in [3.63, 3.8) is 0 Å². The Morgan fingerprint density at radius 1 is 0.379 bits per heavy atom. The molecule has 0 bridgehead atoms. The number of hydrogen-bond donors (Lipinski definition) is 0. The van der Waals surface area contributed by atoms with Crippen LogP contribution in [0.25, 0.3) is 0 Å². The average molecular weight is 813 g/mol. The van der Waals surface area contributed by atoms with Crippen molar-refractivity contribution in [2.75, 3.05) is 19.8 Å². The van der Waals surface area contributed by atoms with Gasteiger partial charge in [0.2, 0.25) is 0 Å². The highest BCUT2D eigenvalue weighted by Crippen LogP contribution is 2.15. The summed E-state index contributed by atoms with van der Waals surface area (Å²) < 4.78 is 17.4. The van der Waals surface area contributed by atoms with Crippen molar-refractivity contribution >= 4 is 11.9 Å². The van der Waals surface area contributed by atoms with Crippen molar-refractivity contribution < 1.29 is 23.8 Å². The van der Waals surface area contributed by atoms with E-state index >= 15 is 0 Å². The molecular weight excluding hydrogens is 717 g/mol. The Kier molecular flexibility index (Phi) is 47.4. The molecular formula is C53H96O5. The topological polar surface area (TPSA) is 61.8 Å². The fourth-order valence-corrected chi connectivity index (χ4v) is 7.06. The molecule has 0 aromatic rings. The Bertz CT molecular complexity index is 966. The molecule has 1 atom stereocenters. The van der Waals surface area contributed by atoms with E-state index in [0.717, 1.165) is 77.0 Å². The molecule has 0 fully saturated rings. The van der Waals surface area contributed by atoms with Crippen LogP contribution in [-0.2, 0) is 23.8 Å².